The predicted molar refractivity (Wildman–Crippen MR) is 96.3 cm³/mol. The van der Waals surface area contributed by atoms with Gasteiger partial charge in [0.15, 0.2) is 5.78 Å². The molecule has 1 aromatic carbocycles. The standard InChI is InChI=1S/C18H20ClN3O2/c1-12(2)22-17(23)10-9-16(20-22)14(11-21(3)4)18(24)13-7-5-6-8-15(13)19/h5-12H,1-4H3. The first-order valence-electron chi connectivity index (χ1n) is 7.59. The van der Waals surface area contributed by atoms with Crippen LogP contribution in [0.2, 0.25) is 5.02 Å². The topological polar surface area (TPSA) is 55.2 Å². The molecule has 2 aromatic rings. The van der Waals surface area contributed by atoms with Gasteiger partial charge in [-0.15, -0.1) is 0 Å². The number of hydrogen-bond donors (Lipinski definition) is 0. The van der Waals surface area contributed by atoms with Crippen LogP contribution in [0, 0.1) is 0 Å². The zero-order chi connectivity index (χ0) is 17.9. The van der Waals surface area contributed by atoms with Gasteiger partial charge in [-0.3, -0.25) is 9.59 Å². The minimum Gasteiger partial charge on any atom is -0.383 e. The molecule has 0 bridgehead atoms. The van der Waals surface area contributed by atoms with Gasteiger partial charge >= 0.3 is 0 Å². The van der Waals surface area contributed by atoms with Gasteiger partial charge in [0.2, 0.25) is 0 Å². The first-order chi connectivity index (χ1) is 11.3. The zero-order valence-electron chi connectivity index (χ0n) is 14.2. The molecule has 2 rings (SSSR count). The van der Waals surface area contributed by atoms with E-state index in [0.717, 1.165) is 0 Å². The molecule has 6 heteroatoms. The Morgan fingerprint density at radius 2 is 1.88 bits per heavy atom. The summed E-state index contributed by atoms with van der Waals surface area (Å²) in [5, 5.41) is 4.73. The van der Waals surface area contributed by atoms with Crippen molar-refractivity contribution in [2.45, 2.75) is 19.9 Å². The summed E-state index contributed by atoms with van der Waals surface area (Å²) in [4.78, 5) is 26.6. The largest absolute Gasteiger partial charge is 0.383 e. The van der Waals surface area contributed by atoms with Gasteiger partial charge in [0.05, 0.1) is 22.3 Å². The van der Waals surface area contributed by atoms with E-state index in [9.17, 15) is 9.59 Å². The van der Waals surface area contributed by atoms with E-state index in [0.29, 0.717) is 21.9 Å². The SMILES string of the molecule is CC(C)n1nc(C(=CN(C)C)C(=O)c2ccccc2Cl)ccc1=O. The van der Waals surface area contributed by atoms with Crippen molar-refractivity contribution in [2.24, 2.45) is 0 Å². The van der Waals surface area contributed by atoms with E-state index < -0.39 is 0 Å². The van der Waals surface area contributed by atoms with Gasteiger partial charge in [0.25, 0.3) is 5.56 Å². The van der Waals surface area contributed by atoms with E-state index in [-0.39, 0.29) is 17.4 Å². The molecule has 24 heavy (non-hydrogen) atoms. The van der Waals surface area contributed by atoms with Crippen LogP contribution >= 0.6 is 11.6 Å². The molecule has 0 N–H and O–H groups in total. The molecule has 126 valence electrons. The summed E-state index contributed by atoms with van der Waals surface area (Å²) < 4.78 is 1.36. The van der Waals surface area contributed by atoms with Gasteiger partial charge in [-0.25, -0.2) is 4.68 Å². The van der Waals surface area contributed by atoms with E-state index in [1.165, 1.54) is 10.7 Å². The first-order valence-corrected chi connectivity index (χ1v) is 7.96. The van der Waals surface area contributed by atoms with Gasteiger partial charge in [-0.1, -0.05) is 23.7 Å². The zero-order valence-corrected chi connectivity index (χ0v) is 14.9. The lowest BCUT2D eigenvalue weighted by atomic mass is 10.0. The Balaban J connectivity index is 2.59. The summed E-state index contributed by atoms with van der Waals surface area (Å²) in [5.41, 5.74) is 1.00. The Hall–Kier alpha value is -2.40. The lowest BCUT2D eigenvalue weighted by Crippen LogP contribution is -2.25. The lowest BCUT2D eigenvalue weighted by Gasteiger charge is -2.14. The highest BCUT2D eigenvalue weighted by molar-refractivity contribution is 6.38. The van der Waals surface area contributed by atoms with Gasteiger partial charge in [-0.05, 0) is 32.0 Å². The molecule has 0 atom stereocenters. The number of aromatic nitrogens is 2. The molecule has 1 heterocycles. The molecule has 0 amide bonds. The van der Waals surface area contributed by atoms with Gasteiger partial charge in [0, 0.05) is 31.9 Å². The maximum Gasteiger partial charge on any atom is 0.267 e. The number of carbonyl (C=O) groups is 1. The van der Waals surface area contributed by atoms with Crippen LogP contribution in [-0.2, 0) is 0 Å². The number of Topliss-reactive ketones (excluding diaryl/α,β-unsaturated/α-hetero) is 1. The molecular weight excluding hydrogens is 326 g/mol. The summed E-state index contributed by atoms with van der Waals surface area (Å²) in [5.74, 6) is -0.240. The maximum atomic E-state index is 13.0. The number of benzene rings is 1. The monoisotopic (exact) mass is 345 g/mol. The number of rotatable bonds is 5. The molecule has 0 aliphatic carbocycles. The minimum absolute atomic E-state index is 0.103. The summed E-state index contributed by atoms with van der Waals surface area (Å²) in [6, 6.07) is 9.75. The fourth-order valence-corrected chi connectivity index (χ4v) is 2.45. The predicted octanol–water partition coefficient (Wildman–Crippen LogP) is 3.26. The van der Waals surface area contributed by atoms with Gasteiger partial charge in [-0.2, -0.15) is 5.10 Å². The number of nitrogens with zero attached hydrogens (tertiary/aromatic N) is 3. The fourth-order valence-electron chi connectivity index (χ4n) is 2.23. The molecule has 1 aromatic heterocycles. The van der Waals surface area contributed by atoms with Crippen molar-refractivity contribution in [1.82, 2.24) is 14.7 Å². The van der Waals surface area contributed by atoms with Crippen molar-refractivity contribution in [2.75, 3.05) is 14.1 Å². The second kappa shape index (κ2) is 7.45. The molecule has 0 radical (unpaired) electrons. The smallest absolute Gasteiger partial charge is 0.267 e. The maximum absolute atomic E-state index is 13.0. The number of halogens is 1. The minimum atomic E-state index is -0.240. The van der Waals surface area contributed by atoms with Crippen LogP contribution in [0.4, 0.5) is 0 Å². The number of ketones is 1. The van der Waals surface area contributed by atoms with Crippen molar-refractivity contribution >= 4 is 23.0 Å². The fraction of sp³-hybridized carbons (Fsp3) is 0.278. The molecule has 0 unspecified atom stereocenters. The van der Waals surface area contributed by atoms with Gasteiger partial charge < -0.3 is 4.90 Å². The van der Waals surface area contributed by atoms with E-state index in [1.54, 1.807) is 41.4 Å². The summed E-state index contributed by atoms with van der Waals surface area (Å²) in [7, 11) is 3.64. The van der Waals surface area contributed by atoms with Crippen LogP contribution in [0.25, 0.3) is 5.57 Å². The van der Waals surface area contributed by atoms with Crippen LogP contribution < -0.4 is 5.56 Å². The van der Waals surface area contributed by atoms with E-state index in [2.05, 4.69) is 5.10 Å². The molecule has 0 saturated heterocycles. The summed E-state index contributed by atoms with van der Waals surface area (Å²) >= 11 is 6.16. The number of allylic oxidation sites excluding steroid dienone is 1. The highest BCUT2D eigenvalue weighted by Gasteiger charge is 2.19. The Morgan fingerprint density at radius 1 is 1.21 bits per heavy atom. The van der Waals surface area contributed by atoms with Crippen molar-refractivity contribution in [3.63, 3.8) is 0 Å². The highest BCUT2D eigenvalue weighted by atomic mass is 35.5. The first kappa shape index (κ1) is 17.9. The molecule has 0 saturated carbocycles. The van der Waals surface area contributed by atoms with E-state index in [4.69, 9.17) is 11.6 Å². The molecule has 0 aliphatic heterocycles. The summed E-state index contributed by atoms with van der Waals surface area (Å²) in [6.45, 7) is 3.73. The molecule has 0 aliphatic rings. The Morgan fingerprint density at radius 3 is 2.46 bits per heavy atom. The third-order valence-electron chi connectivity index (χ3n) is 3.34. The molecule has 0 fully saturated rings. The van der Waals surface area contributed by atoms with Crippen LogP contribution in [0.5, 0.6) is 0 Å². The van der Waals surface area contributed by atoms with Crippen molar-refractivity contribution in [3.8, 4) is 0 Å². The third kappa shape index (κ3) is 3.92. The second-order valence-electron chi connectivity index (χ2n) is 5.91. The highest BCUT2D eigenvalue weighted by Crippen LogP contribution is 2.23. The molecular formula is C18H20ClN3O2. The van der Waals surface area contributed by atoms with Crippen LogP contribution in [0.15, 0.2) is 47.4 Å². The molecule has 0 spiro atoms. The van der Waals surface area contributed by atoms with Crippen molar-refractivity contribution < 1.29 is 4.79 Å². The van der Waals surface area contributed by atoms with Crippen LogP contribution in [0.1, 0.15) is 35.9 Å². The third-order valence-corrected chi connectivity index (χ3v) is 3.67. The van der Waals surface area contributed by atoms with Crippen LogP contribution in [0.3, 0.4) is 0 Å². The number of hydrogen-bond acceptors (Lipinski definition) is 4. The van der Waals surface area contributed by atoms with Crippen molar-refractivity contribution in [1.29, 1.82) is 0 Å². The number of carbonyl (C=O) groups excluding carboxylic acids is 1. The van der Waals surface area contributed by atoms with E-state index >= 15 is 0 Å². The van der Waals surface area contributed by atoms with Gasteiger partial charge in [0.1, 0.15) is 0 Å². The second-order valence-corrected chi connectivity index (χ2v) is 6.32. The Kier molecular flexibility index (Phi) is 5.57. The average Bonchev–Trinajstić information content (AvgIpc) is 2.52. The Bertz CT molecular complexity index is 838. The van der Waals surface area contributed by atoms with Crippen LogP contribution in [-0.4, -0.2) is 34.6 Å². The van der Waals surface area contributed by atoms with E-state index in [1.807, 2.05) is 27.9 Å². The normalized spacial score (nSPS) is 11.7. The Labute approximate surface area is 146 Å². The lowest BCUT2D eigenvalue weighted by molar-refractivity contribution is 0.105. The average molecular weight is 346 g/mol. The quantitative estimate of drug-likeness (QED) is 0.616. The molecule has 5 nitrogen and oxygen atoms in total. The summed E-state index contributed by atoms with van der Waals surface area (Å²) in [6.07, 6.45) is 1.68. The van der Waals surface area contributed by atoms with Crippen molar-refractivity contribution in [3.05, 3.63) is 69.2 Å².